The van der Waals surface area contributed by atoms with Crippen LogP contribution in [0.2, 0.25) is 0 Å². The normalized spacial score (nSPS) is 23.9. The standard InChI is InChI=1S/C20H21N3O4/c1-13-4-6-26-19(13)20(24)23-10-16-15(12-27-17(16)11-23)5-7-25-18-3-2-14(8-21)9-22-18/h2-4,6,9,15-17H,5,7,10-12H2,1H3/t15-,16-,17-/m0/s1. The largest absolute Gasteiger partial charge is 0.478 e. The molecule has 27 heavy (non-hydrogen) atoms. The quantitative estimate of drug-likeness (QED) is 0.806. The molecule has 2 fully saturated rings. The Hall–Kier alpha value is -2.85. The molecule has 7 nitrogen and oxygen atoms in total. The molecule has 4 rings (SSSR count). The highest BCUT2D eigenvalue weighted by Gasteiger charge is 2.45. The number of nitrogens with zero attached hydrogens (tertiary/aromatic N) is 3. The fourth-order valence-corrected chi connectivity index (χ4v) is 3.84. The number of nitriles is 1. The summed E-state index contributed by atoms with van der Waals surface area (Å²) in [6.07, 6.45) is 3.97. The van der Waals surface area contributed by atoms with Crippen LogP contribution in [0.1, 0.15) is 28.1 Å². The lowest BCUT2D eigenvalue weighted by molar-refractivity contribution is 0.0645. The van der Waals surface area contributed by atoms with Crippen LogP contribution in [0.4, 0.5) is 0 Å². The van der Waals surface area contributed by atoms with Gasteiger partial charge in [0, 0.05) is 36.8 Å². The first-order valence-electron chi connectivity index (χ1n) is 9.09. The summed E-state index contributed by atoms with van der Waals surface area (Å²) in [5, 5.41) is 8.79. The Morgan fingerprint density at radius 3 is 3.00 bits per heavy atom. The third kappa shape index (κ3) is 3.53. The smallest absolute Gasteiger partial charge is 0.289 e. The predicted molar refractivity (Wildman–Crippen MR) is 95.1 cm³/mol. The number of hydrogen-bond donors (Lipinski definition) is 0. The van der Waals surface area contributed by atoms with Crippen molar-refractivity contribution in [2.75, 3.05) is 26.3 Å². The average molecular weight is 367 g/mol. The van der Waals surface area contributed by atoms with Crippen LogP contribution in [0, 0.1) is 30.1 Å². The van der Waals surface area contributed by atoms with Crippen molar-refractivity contribution in [3.8, 4) is 11.9 Å². The highest BCUT2D eigenvalue weighted by Crippen LogP contribution is 2.36. The van der Waals surface area contributed by atoms with Crippen LogP contribution in [0.25, 0.3) is 0 Å². The van der Waals surface area contributed by atoms with Crippen LogP contribution in [0.15, 0.2) is 35.1 Å². The van der Waals surface area contributed by atoms with E-state index in [4.69, 9.17) is 19.2 Å². The molecule has 2 saturated heterocycles. The van der Waals surface area contributed by atoms with Gasteiger partial charge in [-0.1, -0.05) is 0 Å². The van der Waals surface area contributed by atoms with E-state index in [1.165, 1.54) is 6.20 Å². The van der Waals surface area contributed by atoms with E-state index >= 15 is 0 Å². The van der Waals surface area contributed by atoms with Gasteiger partial charge in [-0.15, -0.1) is 0 Å². The Morgan fingerprint density at radius 2 is 2.30 bits per heavy atom. The van der Waals surface area contributed by atoms with Gasteiger partial charge in [-0.25, -0.2) is 4.98 Å². The van der Waals surface area contributed by atoms with Gasteiger partial charge < -0.3 is 18.8 Å². The zero-order valence-corrected chi connectivity index (χ0v) is 15.1. The van der Waals surface area contributed by atoms with Gasteiger partial charge in [0.1, 0.15) is 6.07 Å². The molecule has 2 aromatic heterocycles. The molecule has 0 spiro atoms. The van der Waals surface area contributed by atoms with Crippen LogP contribution in [-0.2, 0) is 4.74 Å². The highest BCUT2D eigenvalue weighted by molar-refractivity contribution is 5.93. The third-order valence-electron chi connectivity index (χ3n) is 5.39. The van der Waals surface area contributed by atoms with Crippen molar-refractivity contribution < 1.29 is 18.7 Å². The van der Waals surface area contributed by atoms with E-state index in [-0.39, 0.29) is 12.0 Å². The SMILES string of the molecule is Cc1ccoc1C(=O)N1C[C@H]2[C@@H](CCOc3ccc(C#N)cn3)CO[C@H]2C1. The second kappa shape index (κ2) is 7.41. The lowest BCUT2D eigenvalue weighted by Crippen LogP contribution is -2.31. The maximum atomic E-state index is 12.6. The van der Waals surface area contributed by atoms with Crippen LogP contribution < -0.4 is 4.74 Å². The third-order valence-corrected chi connectivity index (χ3v) is 5.39. The minimum Gasteiger partial charge on any atom is -0.478 e. The van der Waals surface area contributed by atoms with Gasteiger partial charge in [0.25, 0.3) is 5.91 Å². The molecule has 2 aromatic rings. The number of ether oxygens (including phenoxy) is 2. The number of furan rings is 1. The van der Waals surface area contributed by atoms with E-state index in [1.807, 2.05) is 17.9 Å². The Kier molecular flexibility index (Phi) is 4.82. The van der Waals surface area contributed by atoms with E-state index < -0.39 is 0 Å². The number of aromatic nitrogens is 1. The average Bonchev–Trinajstić information content (AvgIpc) is 3.38. The fourth-order valence-electron chi connectivity index (χ4n) is 3.84. The Morgan fingerprint density at radius 1 is 1.41 bits per heavy atom. The van der Waals surface area contributed by atoms with E-state index in [1.54, 1.807) is 24.5 Å². The molecule has 0 N–H and O–H groups in total. The molecule has 4 heterocycles. The zero-order valence-electron chi connectivity index (χ0n) is 15.1. The number of rotatable bonds is 5. The first-order valence-corrected chi connectivity index (χ1v) is 9.09. The van der Waals surface area contributed by atoms with Crippen LogP contribution >= 0.6 is 0 Å². The van der Waals surface area contributed by atoms with Crippen molar-refractivity contribution in [2.45, 2.75) is 19.4 Å². The van der Waals surface area contributed by atoms with Crippen molar-refractivity contribution in [1.29, 1.82) is 5.26 Å². The van der Waals surface area contributed by atoms with Gasteiger partial charge in [-0.05, 0) is 31.4 Å². The number of likely N-dealkylation sites (tertiary alicyclic amines) is 1. The Balaban J connectivity index is 1.30. The topological polar surface area (TPSA) is 88.6 Å². The van der Waals surface area contributed by atoms with E-state index in [9.17, 15) is 4.79 Å². The minimum absolute atomic E-state index is 0.0627. The maximum absolute atomic E-state index is 12.6. The molecule has 0 radical (unpaired) electrons. The van der Waals surface area contributed by atoms with Gasteiger partial charge in [-0.2, -0.15) is 5.26 Å². The first kappa shape index (κ1) is 17.6. The maximum Gasteiger partial charge on any atom is 0.289 e. The minimum atomic E-state index is -0.0627. The lowest BCUT2D eigenvalue weighted by atomic mass is 9.91. The van der Waals surface area contributed by atoms with Crippen LogP contribution in [-0.4, -0.2) is 48.2 Å². The number of aryl methyl sites for hydroxylation is 1. The van der Waals surface area contributed by atoms with Gasteiger partial charge in [0.2, 0.25) is 5.88 Å². The molecule has 2 aliphatic rings. The molecule has 0 aliphatic carbocycles. The fraction of sp³-hybridized carbons (Fsp3) is 0.450. The Bertz CT molecular complexity index is 855. The lowest BCUT2D eigenvalue weighted by Gasteiger charge is -2.19. The van der Waals surface area contributed by atoms with Gasteiger partial charge in [-0.3, -0.25) is 4.79 Å². The van der Waals surface area contributed by atoms with Gasteiger partial charge in [0.05, 0.1) is 31.1 Å². The first-order chi connectivity index (χ1) is 13.2. The number of pyridine rings is 1. The molecule has 140 valence electrons. The summed E-state index contributed by atoms with van der Waals surface area (Å²) in [5.41, 5.74) is 1.37. The summed E-state index contributed by atoms with van der Waals surface area (Å²) < 4.78 is 17.0. The van der Waals surface area contributed by atoms with Gasteiger partial charge >= 0.3 is 0 Å². The van der Waals surface area contributed by atoms with E-state index in [0.717, 1.165) is 12.0 Å². The van der Waals surface area contributed by atoms with Crippen molar-refractivity contribution in [2.24, 2.45) is 11.8 Å². The number of carbonyl (C=O) groups is 1. The summed E-state index contributed by atoms with van der Waals surface area (Å²) in [6.45, 7) is 4.39. The molecule has 0 bridgehead atoms. The van der Waals surface area contributed by atoms with Crippen LogP contribution in [0.5, 0.6) is 5.88 Å². The number of carbonyl (C=O) groups excluding carboxylic acids is 1. The number of amides is 1. The molecular weight excluding hydrogens is 346 g/mol. The van der Waals surface area contributed by atoms with Crippen molar-refractivity contribution in [3.05, 3.63) is 47.5 Å². The monoisotopic (exact) mass is 367 g/mol. The summed E-state index contributed by atoms with van der Waals surface area (Å²) >= 11 is 0. The van der Waals surface area contributed by atoms with Crippen molar-refractivity contribution in [1.82, 2.24) is 9.88 Å². The molecule has 2 aliphatic heterocycles. The molecule has 0 aromatic carbocycles. The second-order valence-corrected chi connectivity index (χ2v) is 7.07. The summed E-state index contributed by atoms with van der Waals surface area (Å²) in [7, 11) is 0. The molecule has 0 saturated carbocycles. The predicted octanol–water partition coefficient (Wildman–Crippen LogP) is 2.41. The summed E-state index contributed by atoms with van der Waals surface area (Å²) in [4.78, 5) is 18.6. The second-order valence-electron chi connectivity index (χ2n) is 7.07. The zero-order chi connectivity index (χ0) is 18.8. The number of hydrogen-bond acceptors (Lipinski definition) is 6. The molecule has 7 heteroatoms. The molecule has 0 unspecified atom stereocenters. The molecular formula is C20H21N3O4. The number of fused-ring (bicyclic) bond motifs is 1. The molecule has 3 atom stereocenters. The summed E-state index contributed by atoms with van der Waals surface area (Å²) in [5.74, 6) is 1.54. The van der Waals surface area contributed by atoms with E-state index in [2.05, 4.69) is 4.98 Å². The molecule has 1 amide bonds. The summed E-state index contributed by atoms with van der Waals surface area (Å²) in [6, 6.07) is 7.23. The van der Waals surface area contributed by atoms with Crippen molar-refractivity contribution >= 4 is 5.91 Å². The Labute approximate surface area is 157 Å². The van der Waals surface area contributed by atoms with Gasteiger partial charge in [0.15, 0.2) is 5.76 Å². The van der Waals surface area contributed by atoms with Crippen molar-refractivity contribution in [3.63, 3.8) is 0 Å². The highest BCUT2D eigenvalue weighted by atomic mass is 16.5. The van der Waals surface area contributed by atoms with Crippen LogP contribution in [0.3, 0.4) is 0 Å². The van der Waals surface area contributed by atoms with E-state index in [0.29, 0.717) is 55.3 Å².